The van der Waals surface area contributed by atoms with Crippen molar-refractivity contribution in [2.45, 2.75) is 18.5 Å². The summed E-state index contributed by atoms with van der Waals surface area (Å²) in [6, 6.07) is 6.25. The number of hydrogen-bond donors (Lipinski definition) is 1. The van der Waals surface area contributed by atoms with E-state index in [1.54, 1.807) is 14.2 Å². The van der Waals surface area contributed by atoms with E-state index in [1.807, 2.05) is 18.2 Å². The molecule has 2 rings (SSSR count). The maximum Gasteiger partial charge on any atom is 0.161 e. The lowest BCUT2D eigenvalue weighted by Crippen LogP contribution is -2.37. The van der Waals surface area contributed by atoms with E-state index in [-0.39, 0.29) is 6.04 Å². The highest BCUT2D eigenvalue weighted by Crippen LogP contribution is 2.29. The normalized spacial score (nSPS) is 20.1. The molecule has 1 aliphatic rings. The Morgan fingerprint density at radius 1 is 1.35 bits per heavy atom. The average molecular weight is 280 g/mol. The second kappa shape index (κ2) is 6.92. The Bertz CT molecular complexity index is 433. The standard InChI is InChI=1S/C15H24N2O3/c1-17(12-6-7-20-10-12)9-13(16)11-4-5-14(18-2)15(8-11)19-3/h4-5,8,12-13H,6-7,9-10,16H2,1-3H3. The minimum Gasteiger partial charge on any atom is -0.493 e. The number of nitrogens with zero attached hydrogens (tertiary/aromatic N) is 1. The molecule has 0 spiro atoms. The predicted octanol–water partition coefficient (Wildman–Crippen LogP) is 1.42. The molecule has 1 fully saturated rings. The molecule has 1 aliphatic heterocycles. The second-order valence-corrected chi connectivity index (χ2v) is 5.18. The highest BCUT2D eigenvalue weighted by atomic mass is 16.5. The van der Waals surface area contributed by atoms with Gasteiger partial charge in [0.15, 0.2) is 11.5 Å². The van der Waals surface area contributed by atoms with E-state index in [1.165, 1.54) is 0 Å². The first-order valence-corrected chi connectivity index (χ1v) is 6.91. The molecule has 2 atom stereocenters. The molecule has 0 bridgehead atoms. The number of hydrogen-bond acceptors (Lipinski definition) is 5. The summed E-state index contributed by atoms with van der Waals surface area (Å²) >= 11 is 0. The van der Waals surface area contributed by atoms with Crippen LogP contribution >= 0.6 is 0 Å². The molecule has 1 saturated heterocycles. The van der Waals surface area contributed by atoms with Crippen molar-refractivity contribution in [1.82, 2.24) is 4.90 Å². The molecular formula is C15H24N2O3. The van der Waals surface area contributed by atoms with Crippen molar-refractivity contribution in [2.75, 3.05) is 41.0 Å². The minimum absolute atomic E-state index is 0.0552. The quantitative estimate of drug-likeness (QED) is 0.854. The van der Waals surface area contributed by atoms with Gasteiger partial charge in [-0.15, -0.1) is 0 Å². The van der Waals surface area contributed by atoms with Gasteiger partial charge < -0.3 is 19.9 Å². The first kappa shape index (κ1) is 15.1. The van der Waals surface area contributed by atoms with Gasteiger partial charge in [-0.2, -0.15) is 0 Å². The van der Waals surface area contributed by atoms with Gasteiger partial charge in [-0.3, -0.25) is 4.90 Å². The molecule has 0 saturated carbocycles. The van der Waals surface area contributed by atoms with Gasteiger partial charge in [0.1, 0.15) is 0 Å². The van der Waals surface area contributed by atoms with E-state index in [9.17, 15) is 0 Å². The third kappa shape index (κ3) is 3.42. The van der Waals surface area contributed by atoms with Crippen LogP contribution in [-0.4, -0.2) is 52.0 Å². The summed E-state index contributed by atoms with van der Waals surface area (Å²) in [5, 5.41) is 0. The fraction of sp³-hybridized carbons (Fsp3) is 0.600. The van der Waals surface area contributed by atoms with Gasteiger partial charge in [0.2, 0.25) is 0 Å². The van der Waals surface area contributed by atoms with Crippen molar-refractivity contribution in [3.63, 3.8) is 0 Å². The van der Waals surface area contributed by atoms with Crippen LogP contribution < -0.4 is 15.2 Å². The van der Waals surface area contributed by atoms with Crippen molar-refractivity contribution in [3.05, 3.63) is 23.8 Å². The van der Waals surface area contributed by atoms with Crippen LogP contribution in [0.2, 0.25) is 0 Å². The molecule has 5 nitrogen and oxygen atoms in total. The van der Waals surface area contributed by atoms with Crippen LogP contribution in [0.5, 0.6) is 11.5 Å². The fourth-order valence-electron chi connectivity index (χ4n) is 2.52. The zero-order valence-corrected chi connectivity index (χ0v) is 12.5. The van der Waals surface area contributed by atoms with E-state index in [2.05, 4.69) is 11.9 Å². The van der Waals surface area contributed by atoms with E-state index in [0.717, 1.165) is 37.5 Å². The average Bonchev–Trinajstić information content (AvgIpc) is 3.00. The largest absolute Gasteiger partial charge is 0.493 e. The molecule has 0 aromatic heterocycles. The van der Waals surface area contributed by atoms with Gasteiger partial charge in [0.05, 0.1) is 20.8 Å². The Labute approximate surface area is 120 Å². The zero-order chi connectivity index (χ0) is 14.5. The molecular weight excluding hydrogens is 256 g/mol. The first-order valence-electron chi connectivity index (χ1n) is 6.91. The smallest absolute Gasteiger partial charge is 0.161 e. The van der Waals surface area contributed by atoms with Crippen molar-refractivity contribution >= 4 is 0 Å². The fourth-order valence-corrected chi connectivity index (χ4v) is 2.52. The van der Waals surface area contributed by atoms with Gasteiger partial charge in [0.25, 0.3) is 0 Å². The monoisotopic (exact) mass is 280 g/mol. The van der Waals surface area contributed by atoms with Gasteiger partial charge in [-0.25, -0.2) is 0 Å². The Morgan fingerprint density at radius 3 is 2.70 bits per heavy atom. The van der Waals surface area contributed by atoms with Gasteiger partial charge in [-0.05, 0) is 31.2 Å². The summed E-state index contributed by atoms with van der Waals surface area (Å²) in [4.78, 5) is 2.27. The van der Waals surface area contributed by atoms with Gasteiger partial charge in [0, 0.05) is 25.2 Å². The lowest BCUT2D eigenvalue weighted by atomic mass is 10.1. The predicted molar refractivity (Wildman–Crippen MR) is 78.3 cm³/mol. The molecule has 20 heavy (non-hydrogen) atoms. The Morgan fingerprint density at radius 2 is 2.10 bits per heavy atom. The van der Waals surface area contributed by atoms with Crippen molar-refractivity contribution in [2.24, 2.45) is 5.73 Å². The van der Waals surface area contributed by atoms with Crippen molar-refractivity contribution in [1.29, 1.82) is 0 Å². The molecule has 0 aliphatic carbocycles. The van der Waals surface area contributed by atoms with Gasteiger partial charge in [-0.1, -0.05) is 6.07 Å². The number of rotatable bonds is 6. The summed E-state index contributed by atoms with van der Waals surface area (Å²) in [6.07, 6.45) is 1.08. The maximum atomic E-state index is 6.30. The highest BCUT2D eigenvalue weighted by molar-refractivity contribution is 5.43. The van der Waals surface area contributed by atoms with E-state index in [4.69, 9.17) is 19.9 Å². The van der Waals surface area contributed by atoms with Crippen LogP contribution in [0.3, 0.4) is 0 Å². The third-order valence-corrected chi connectivity index (χ3v) is 3.85. The van der Waals surface area contributed by atoms with Crippen LogP contribution in [0, 0.1) is 0 Å². The Balaban J connectivity index is 2.02. The SMILES string of the molecule is COc1ccc(C(N)CN(C)C2CCOC2)cc1OC. The van der Waals surface area contributed by atoms with Gasteiger partial charge >= 0.3 is 0 Å². The molecule has 1 heterocycles. The molecule has 2 N–H and O–H groups in total. The molecule has 5 heteroatoms. The van der Waals surface area contributed by atoms with Crippen LogP contribution in [-0.2, 0) is 4.74 Å². The van der Waals surface area contributed by atoms with Crippen molar-refractivity contribution < 1.29 is 14.2 Å². The summed E-state index contributed by atoms with van der Waals surface area (Å²) in [6.45, 7) is 2.44. The molecule has 112 valence electrons. The Hall–Kier alpha value is -1.30. The Kier molecular flexibility index (Phi) is 5.23. The lowest BCUT2D eigenvalue weighted by molar-refractivity contribution is 0.156. The summed E-state index contributed by atoms with van der Waals surface area (Å²) in [7, 11) is 5.36. The minimum atomic E-state index is -0.0552. The summed E-state index contributed by atoms with van der Waals surface area (Å²) < 4.78 is 16.0. The van der Waals surface area contributed by atoms with Crippen molar-refractivity contribution in [3.8, 4) is 11.5 Å². The molecule has 1 aromatic carbocycles. The molecule has 2 unspecified atom stereocenters. The molecule has 0 radical (unpaired) electrons. The summed E-state index contributed by atoms with van der Waals surface area (Å²) in [5.74, 6) is 1.44. The number of benzene rings is 1. The number of nitrogens with two attached hydrogens (primary N) is 1. The zero-order valence-electron chi connectivity index (χ0n) is 12.5. The number of ether oxygens (including phenoxy) is 3. The van der Waals surface area contributed by atoms with Crippen LogP contribution in [0.1, 0.15) is 18.0 Å². The maximum absolute atomic E-state index is 6.30. The van der Waals surface area contributed by atoms with Crippen LogP contribution in [0.4, 0.5) is 0 Å². The topological polar surface area (TPSA) is 57.0 Å². The summed E-state index contributed by atoms with van der Waals surface area (Å²) in [5.41, 5.74) is 7.35. The molecule has 0 amide bonds. The van der Waals surface area contributed by atoms with E-state index < -0.39 is 0 Å². The van der Waals surface area contributed by atoms with Crippen LogP contribution in [0.15, 0.2) is 18.2 Å². The molecule has 1 aromatic rings. The first-order chi connectivity index (χ1) is 9.65. The van der Waals surface area contributed by atoms with Crippen LogP contribution in [0.25, 0.3) is 0 Å². The lowest BCUT2D eigenvalue weighted by Gasteiger charge is -2.26. The van der Waals surface area contributed by atoms with E-state index >= 15 is 0 Å². The highest BCUT2D eigenvalue weighted by Gasteiger charge is 2.22. The third-order valence-electron chi connectivity index (χ3n) is 3.85. The number of methoxy groups -OCH3 is 2. The number of likely N-dealkylation sites (N-methyl/N-ethyl adjacent to an activating group) is 1. The van der Waals surface area contributed by atoms with E-state index in [0.29, 0.717) is 11.8 Å². The second-order valence-electron chi connectivity index (χ2n) is 5.18.